The predicted molar refractivity (Wildman–Crippen MR) is 111 cm³/mol. The molecule has 0 aliphatic carbocycles. The highest BCUT2D eigenvalue weighted by Gasteiger charge is 2.34. The molecule has 0 spiro atoms. The van der Waals surface area contributed by atoms with Crippen LogP contribution in [0.3, 0.4) is 0 Å². The fraction of sp³-hybridized carbons (Fsp3) is 0.316. The van der Waals surface area contributed by atoms with Crippen LogP contribution in [0.4, 0.5) is 0 Å². The first kappa shape index (κ1) is 16.9. The van der Waals surface area contributed by atoms with E-state index in [-0.39, 0.29) is 11.1 Å². The van der Waals surface area contributed by atoms with Gasteiger partial charge in [-0.05, 0) is 57.2 Å². The lowest BCUT2D eigenvalue weighted by atomic mass is 9.88. The van der Waals surface area contributed by atoms with Crippen LogP contribution in [-0.2, 0) is 13.0 Å². The smallest absolute Gasteiger partial charge is 0.268 e. The van der Waals surface area contributed by atoms with Gasteiger partial charge in [0.25, 0.3) is 5.56 Å². The van der Waals surface area contributed by atoms with Gasteiger partial charge in [-0.3, -0.25) is 9.69 Å². The van der Waals surface area contributed by atoms with Gasteiger partial charge in [-0.1, -0.05) is 18.2 Å². The van der Waals surface area contributed by atoms with Gasteiger partial charge in [-0.15, -0.1) is 16.4 Å². The quantitative estimate of drug-likeness (QED) is 0.499. The van der Waals surface area contributed by atoms with Crippen molar-refractivity contribution in [3.05, 3.63) is 55.9 Å². The minimum Gasteiger partial charge on any atom is -0.296 e. The number of H-pyrrole nitrogens is 1. The summed E-state index contributed by atoms with van der Waals surface area (Å²) in [4.78, 5) is 18.1. The predicted octanol–water partition coefficient (Wildman–Crippen LogP) is 3.52. The summed E-state index contributed by atoms with van der Waals surface area (Å²) >= 11 is 7.15. The Morgan fingerprint density at radius 2 is 2.00 bits per heavy atom. The maximum absolute atomic E-state index is 13.6. The van der Waals surface area contributed by atoms with E-state index in [0.29, 0.717) is 10.5 Å². The first-order valence-corrected chi connectivity index (χ1v) is 10.0. The number of para-hydroxylation sites is 1. The van der Waals surface area contributed by atoms with E-state index in [0.717, 1.165) is 34.4 Å². The molecule has 0 saturated carbocycles. The van der Waals surface area contributed by atoms with Crippen molar-refractivity contribution in [1.29, 1.82) is 0 Å². The third-order valence-electron chi connectivity index (χ3n) is 5.58. The number of thiophene rings is 1. The van der Waals surface area contributed by atoms with Crippen molar-refractivity contribution in [3.8, 4) is 5.69 Å². The second-order valence-corrected chi connectivity index (χ2v) is 9.14. The number of aromatic amines is 1. The largest absolute Gasteiger partial charge is 0.296 e. The van der Waals surface area contributed by atoms with E-state index in [1.54, 1.807) is 15.9 Å². The van der Waals surface area contributed by atoms with Crippen LogP contribution in [0.5, 0.6) is 0 Å². The van der Waals surface area contributed by atoms with E-state index in [2.05, 4.69) is 36.0 Å². The number of fused-ring (bicyclic) bond motifs is 5. The van der Waals surface area contributed by atoms with Gasteiger partial charge in [0.1, 0.15) is 4.83 Å². The number of rotatable bonds is 1. The third-order valence-corrected chi connectivity index (χ3v) is 7.06. The SMILES string of the molecule is CN1Cc2sc3c(c2CC1(C)C)c(=O)n(-c1ccccc1)c1n[nH]c(=S)n31. The van der Waals surface area contributed by atoms with Gasteiger partial charge in [-0.2, -0.15) is 0 Å². The molecule has 4 heterocycles. The highest BCUT2D eigenvalue weighted by Crippen LogP contribution is 2.38. The monoisotopic (exact) mass is 397 g/mol. The van der Waals surface area contributed by atoms with E-state index >= 15 is 0 Å². The Balaban J connectivity index is 1.97. The summed E-state index contributed by atoms with van der Waals surface area (Å²) in [6, 6.07) is 9.62. The van der Waals surface area contributed by atoms with Crippen LogP contribution in [0.15, 0.2) is 35.1 Å². The zero-order valence-corrected chi connectivity index (χ0v) is 16.9. The van der Waals surface area contributed by atoms with Crippen LogP contribution in [0.2, 0.25) is 0 Å². The Kier molecular flexibility index (Phi) is 3.50. The number of nitrogens with one attached hydrogen (secondary N) is 1. The van der Waals surface area contributed by atoms with Crippen LogP contribution in [0, 0.1) is 4.77 Å². The molecule has 1 N–H and O–H groups in total. The molecule has 1 aromatic carbocycles. The molecule has 138 valence electrons. The van der Waals surface area contributed by atoms with Gasteiger partial charge in [0, 0.05) is 17.0 Å². The fourth-order valence-corrected chi connectivity index (χ4v) is 5.46. The number of aromatic nitrogens is 4. The topological polar surface area (TPSA) is 58.3 Å². The molecular formula is C19H19N5OS2. The van der Waals surface area contributed by atoms with Gasteiger partial charge in [0.2, 0.25) is 10.5 Å². The highest BCUT2D eigenvalue weighted by atomic mass is 32.1. The standard InChI is InChI=1S/C19H19N5OS2/c1-19(2)9-12-13(10-22(19)3)27-16-14(12)15(25)23(11-7-5-4-6-8-11)17-20-21-18(26)24(16)17/h4-8H,9-10H2,1-3H3,(H,21,26). The molecule has 6 nitrogen and oxygen atoms in total. The first-order chi connectivity index (χ1) is 12.9. The molecule has 1 aliphatic rings. The van der Waals surface area contributed by atoms with Crippen molar-refractivity contribution in [3.63, 3.8) is 0 Å². The molecule has 3 aromatic heterocycles. The minimum absolute atomic E-state index is 0.00215. The molecule has 5 rings (SSSR count). The minimum atomic E-state index is -0.0319. The molecule has 8 heteroatoms. The summed E-state index contributed by atoms with van der Waals surface area (Å²) in [5.41, 5.74) is 1.90. The summed E-state index contributed by atoms with van der Waals surface area (Å²) < 4.78 is 4.06. The van der Waals surface area contributed by atoms with Crippen molar-refractivity contribution in [2.24, 2.45) is 0 Å². The summed E-state index contributed by atoms with van der Waals surface area (Å²) in [7, 11) is 2.13. The number of benzene rings is 1. The van der Waals surface area contributed by atoms with E-state index in [9.17, 15) is 4.79 Å². The van der Waals surface area contributed by atoms with Gasteiger partial charge >= 0.3 is 0 Å². The Bertz CT molecular complexity index is 1310. The van der Waals surface area contributed by atoms with Gasteiger partial charge in [-0.25, -0.2) is 14.1 Å². The lowest BCUT2D eigenvalue weighted by molar-refractivity contribution is 0.136. The van der Waals surface area contributed by atoms with Crippen molar-refractivity contribution >= 4 is 39.5 Å². The summed E-state index contributed by atoms with van der Waals surface area (Å²) in [5.74, 6) is 0.523. The Morgan fingerprint density at radius 3 is 2.74 bits per heavy atom. The zero-order valence-electron chi connectivity index (χ0n) is 15.3. The van der Waals surface area contributed by atoms with E-state index in [1.807, 2.05) is 34.7 Å². The van der Waals surface area contributed by atoms with Crippen LogP contribution in [0.25, 0.3) is 21.7 Å². The molecule has 4 aromatic rings. The summed E-state index contributed by atoms with van der Waals surface area (Å²) in [6.45, 7) is 5.27. The Morgan fingerprint density at radius 1 is 1.26 bits per heavy atom. The highest BCUT2D eigenvalue weighted by molar-refractivity contribution is 7.71. The number of likely N-dealkylation sites (N-methyl/N-ethyl adjacent to an activating group) is 1. The van der Waals surface area contributed by atoms with E-state index in [1.165, 1.54) is 4.88 Å². The number of hydrogen-bond donors (Lipinski definition) is 1. The van der Waals surface area contributed by atoms with Gasteiger partial charge in [0.15, 0.2) is 0 Å². The van der Waals surface area contributed by atoms with E-state index < -0.39 is 0 Å². The first-order valence-electron chi connectivity index (χ1n) is 8.81. The average Bonchev–Trinajstić information content (AvgIpc) is 3.17. The molecule has 0 fully saturated rings. The molecule has 0 unspecified atom stereocenters. The molecular weight excluding hydrogens is 378 g/mol. The van der Waals surface area contributed by atoms with Crippen molar-refractivity contribution in [2.45, 2.75) is 32.4 Å². The normalized spacial score (nSPS) is 16.9. The molecule has 0 bridgehead atoms. The number of nitrogens with zero attached hydrogens (tertiary/aromatic N) is 4. The second kappa shape index (κ2) is 5.60. The third kappa shape index (κ3) is 2.30. The molecule has 0 atom stereocenters. The van der Waals surface area contributed by atoms with Crippen LogP contribution in [-0.4, -0.2) is 36.7 Å². The number of hydrogen-bond acceptors (Lipinski definition) is 5. The van der Waals surface area contributed by atoms with Crippen molar-refractivity contribution in [1.82, 2.24) is 24.1 Å². The lowest BCUT2D eigenvalue weighted by Gasteiger charge is -2.39. The molecule has 0 radical (unpaired) electrons. The lowest BCUT2D eigenvalue weighted by Crippen LogP contribution is -2.45. The maximum Gasteiger partial charge on any atom is 0.268 e. The van der Waals surface area contributed by atoms with Crippen LogP contribution < -0.4 is 5.56 Å². The van der Waals surface area contributed by atoms with Crippen LogP contribution >= 0.6 is 23.6 Å². The molecule has 1 aliphatic heterocycles. The zero-order chi connectivity index (χ0) is 18.9. The van der Waals surface area contributed by atoms with E-state index in [4.69, 9.17) is 12.2 Å². The molecule has 0 amide bonds. The maximum atomic E-state index is 13.6. The summed E-state index contributed by atoms with van der Waals surface area (Å²) in [6.07, 6.45) is 0.833. The second-order valence-electron chi connectivity index (χ2n) is 7.67. The van der Waals surface area contributed by atoms with Gasteiger partial charge in [0.05, 0.1) is 11.1 Å². The molecule has 0 saturated heterocycles. The summed E-state index contributed by atoms with van der Waals surface area (Å²) in [5, 5.41) is 7.99. The van der Waals surface area contributed by atoms with Crippen molar-refractivity contribution < 1.29 is 0 Å². The van der Waals surface area contributed by atoms with Crippen LogP contribution in [0.1, 0.15) is 24.3 Å². The Labute approximate surface area is 164 Å². The van der Waals surface area contributed by atoms with Crippen molar-refractivity contribution in [2.75, 3.05) is 7.05 Å². The average molecular weight is 398 g/mol. The molecule has 27 heavy (non-hydrogen) atoms. The Hall–Kier alpha value is -2.29. The van der Waals surface area contributed by atoms with Gasteiger partial charge < -0.3 is 0 Å². The fourth-order valence-electron chi connectivity index (χ4n) is 3.82.